The van der Waals surface area contributed by atoms with Crippen LogP contribution in [0.1, 0.15) is 5.56 Å². The molecule has 0 unspecified atom stereocenters. The Morgan fingerprint density at radius 2 is 1.86 bits per heavy atom. The Bertz CT molecular complexity index is 1510. The van der Waals surface area contributed by atoms with E-state index in [9.17, 15) is 4.79 Å². The lowest BCUT2D eigenvalue weighted by Gasteiger charge is -2.32. The molecule has 0 aliphatic carbocycles. The Balaban J connectivity index is 1.54. The highest BCUT2D eigenvalue weighted by atomic mass is 35.5. The first-order valence-electron chi connectivity index (χ1n) is 11.5. The van der Waals surface area contributed by atoms with Gasteiger partial charge in [-0.15, -0.1) is 0 Å². The van der Waals surface area contributed by atoms with Gasteiger partial charge in [0, 0.05) is 48.6 Å². The summed E-state index contributed by atoms with van der Waals surface area (Å²) in [6.07, 6.45) is 5.05. The molecule has 0 atom stereocenters. The number of carbonyl (C=O) groups excluding carboxylic acids is 1. The molecule has 0 saturated carbocycles. The zero-order valence-electron chi connectivity index (χ0n) is 19.7. The number of likely N-dealkylation sites (N-methyl/N-ethyl adjacent to an activating group) is 1. The number of nitrogen functional groups attached to an aromatic ring is 1. The van der Waals surface area contributed by atoms with Gasteiger partial charge in [0.1, 0.15) is 12.1 Å². The normalized spacial score (nSPS) is 14.7. The quantitative estimate of drug-likeness (QED) is 0.334. The number of rotatable bonds is 4. The Hall–Kier alpha value is -4.19. The zero-order valence-corrected chi connectivity index (χ0v) is 20.5. The molecule has 2 aromatic heterocycles. The number of fused-ring (bicyclic) bond motifs is 1. The SMILES string of the molecule is [C-]#[N+]/C(=C\c1cccc(-n2cc(-c3ccc(Cl)cc3)c3c(N)ncnc32)c1)C(=O)N1CCN(C)CC1. The van der Waals surface area contributed by atoms with Crippen molar-refractivity contribution in [2.45, 2.75) is 0 Å². The molecule has 36 heavy (non-hydrogen) atoms. The minimum Gasteiger partial charge on any atom is -0.383 e. The monoisotopic (exact) mass is 497 g/mol. The summed E-state index contributed by atoms with van der Waals surface area (Å²) in [7, 11) is 2.03. The summed E-state index contributed by atoms with van der Waals surface area (Å²) >= 11 is 6.09. The van der Waals surface area contributed by atoms with Gasteiger partial charge in [-0.05, 0) is 48.5 Å². The molecule has 1 aliphatic rings. The second kappa shape index (κ2) is 9.82. The Labute approximate surface area is 214 Å². The van der Waals surface area contributed by atoms with Crippen LogP contribution in [0.3, 0.4) is 0 Å². The van der Waals surface area contributed by atoms with E-state index in [2.05, 4.69) is 19.7 Å². The van der Waals surface area contributed by atoms with E-state index >= 15 is 0 Å². The van der Waals surface area contributed by atoms with E-state index in [0.29, 0.717) is 29.6 Å². The van der Waals surface area contributed by atoms with E-state index in [1.54, 1.807) is 11.0 Å². The zero-order chi connectivity index (χ0) is 25.2. The molecule has 5 rings (SSSR count). The molecule has 1 amide bonds. The van der Waals surface area contributed by atoms with Crippen molar-refractivity contribution in [1.29, 1.82) is 0 Å². The van der Waals surface area contributed by atoms with Crippen molar-refractivity contribution in [2.75, 3.05) is 39.0 Å². The highest BCUT2D eigenvalue weighted by molar-refractivity contribution is 6.30. The molecule has 8 nitrogen and oxygen atoms in total. The van der Waals surface area contributed by atoms with Gasteiger partial charge in [-0.25, -0.2) is 14.8 Å². The maximum absolute atomic E-state index is 13.0. The number of anilines is 1. The number of amides is 1. The molecule has 2 N–H and O–H groups in total. The second-order valence-electron chi connectivity index (χ2n) is 8.71. The van der Waals surface area contributed by atoms with Crippen LogP contribution in [-0.2, 0) is 4.79 Å². The fraction of sp³-hybridized carbons (Fsp3) is 0.185. The van der Waals surface area contributed by atoms with Crippen LogP contribution in [-0.4, -0.2) is 63.5 Å². The molecule has 2 aromatic carbocycles. The Morgan fingerprint density at radius 1 is 1.11 bits per heavy atom. The van der Waals surface area contributed by atoms with Gasteiger partial charge in [0.25, 0.3) is 11.6 Å². The van der Waals surface area contributed by atoms with Crippen LogP contribution in [0.15, 0.2) is 66.8 Å². The predicted molar refractivity (Wildman–Crippen MR) is 142 cm³/mol. The molecular weight excluding hydrogens is 474 g/mol. The first-order valence-corrected chi connectivity index (χ1v) is 11.9. The third-order valence-corrected chi connectivity index (χ3v) is 6.60. The van der Waals surface area contributed by atoms with Crippen LogP contribution in [0.4, 0.5) is 5.82 Å². The van der Waals surface area contributed by atoms with Crippen LogP contribution in [0.5, 0.6) is 0 Å². The third kappa shape index (κ3) is 4.54. The lowest BCUT2D eigenvalue weighted by molar-refractivity contribution is -0.128. The molecule has 180 valence electrons. The molecule has 9 heteroatoms. The molecule has 1 saturated heterocycles. The van der Waals surface area contributed by atoms with Gasteiger partial charge in [-0.2, -0.15) is 0 Å². The van der Waals surface area contributed by atoms with Crippen molar-refractivity contribution >= 4 is 40.4 Å². The average molecular weight is 498 g/mol. The number of halogens is 1. The van der Waals surface area contributed by atoms with E-state index in [-0.39, 0.29) is 11.6 Å². The predicted octanol–water partition coefficient (Wildman–Crippen LogP) is 4.36. The number of carbonyl (C=O) groups is 1. The fourth-order valence-electron chi connectivity index (χ4n) is 4.37. The van der Waals surface area contributed by atoms with Crippen LogP contribution < -0.4 is 5.73 Å². The van der Waals surface area contributed by atoms with E-state index in [1.807, 2.05) is 66.3 Å². The van der Waals surface area contributed by atoms with Crippen molar-refractivity contribution in [3.05, 3.63) is 88.8 Å². The smallest absolute Gasteiger partial charge is 0.252 e. The summed E-state index contributed by atoms with van der Waals surface area (Å²) < 4.78 is 1.94. The van der Waals surface area contributed by atoms with Gasteiger partial charge in [0.2, 0.25) is 0 Å². The largest absolute Gasteiger partial charge is 0.383 e. The number of hydrogen-bond acceptors (Lipinski definition) is 5. The van der Waals surface area contributed by atoms with E-state index in [0.717, 1.165) is 40.9 Å². The van der Waals surface area contributed by atoms with Crippen molar-refractivity contribution < 1.29 is 4.79 Å². The van der Waals surface area contributed by atoms with E-state index in [1.165, 1.54) is 6.33 Å². The molecule has 1 aliphatic heterocycles. The van der Waals surface area contributed by atoms with Gasteiger partial charge in [-0.3, -0.25) is 4.79 Å². The first kappa shape index (κ1) is 23.5. The third-order valence-electron chi connectivity index (χ3n) is 6.35. The Kier molecular flexibility index (Phi) is 6.42. The molecule has 0 radical (unpaired) electrons. The summed E-state index contributed by atoms with van der Waals surface area (Å²) in [6, 6.07) is 15.1. The molecule has 0 spiro atoms. The number of nitrogens with zero attached hydrogens (tertiary/aromatic N) is 6. The van der Waals surface area contributed by atoms with Crippen molar-refractivity contribution in [2.24, 2.45) is 0 Å². The second-order valence-corrected chi connectivity index (χ2v) is 9.15. The maximum atomic E-state index is 13.0. The van der Waals surface area contributed by atoms with Gasteiger partial charge in [-0.1, -0.05) is 35.9 Å². The molecule has 3 heterocycles. The van der Waals surface area contributed by atoms with Gasteiger partial charge >= 0.3 is 0 Å². The summed E-state index contributed by atoms with van der Waals surface area (Å²) in [6.45, 7) is 10.4. The highest BCUT2D eigenvalue weighted by Gasteiger charge is 2.22. The lowest BCUT2D eigenvalue weighted by atomic mass is 10.1. The first-order chi connectivity index (χ1) is 17.4. The van der Waals surface area contributed by atoms with Crippen LogP contribution >= 0.6 is 11.6 Å². The van der Waals surface area contributed by atoms with E-state index in [4.69, 9.17) is 23.9 Å². The molecule has 1 fully saturated rings. The van der Waals surface area contributed by atoms with E-state index < -0.39 is 0 Å². The number of aromatic nitrogens is 3. The fourth-order valence-corrected chi connectivity index (χ4v) is 4.49. The van der Waals surface area contributed by atoms with Crippen LogP contribution in [0.25, 0.3) is 38.8 Å². The summed E-state index contributed by atoms with van der Waals surface area (Å²) in [4.78, 5) is 29.1. The number of hydrogen-bond donors (Lipinski definition) is 1. The van der Waals surface area contributed by atoms with Gasteiger partial charge in [0.05, 0.1) is 12.0 Å². The van der Waals surface area contributed by atoms with Crippen LogP contribution in [0.2, 0.25) is 5.02 Å². The summed E-state index contributed by atoms with van der Waals surface area (Å²) in [5.41, 5.74) is 10.4. The number of piperazine rings is 1. The average Bonchev–Trinajstić information content (AvgIpc) is 3.29. The molecule has 0 bridgehead atoms. The van der Waals surface area contributed by atoms with Gasteiger partial charge in [0.15, 0.2) is 5.65 Å². The maximum Gasteiger partial charge on any atom is 0.252 e. The Morgan fingerprint density at radius 3 is 2.58 bits per heavy atom. The minimum atomic E-state index is -0.236. The number of nitrogens with two attached hydrogens (primary N) is 1. The highest BCUT2D eigenvalue weighted by Crippen LogP contribution is 2.35. The topological polar surface area (TPSA) is 84.6 Å². The molecule has 4 aromatic rings. The standard InChI is InChI=1S/C27H24ClN7O/c1-30-23(27(36)34-12-10-33(2)11-13-34)15-18-4-3-5-21(14-18)35-16-22(19-6-8-20(28)9-7-19)24-25(29)31-17-32-26(24)35/h3-9,14-17H,10-13H2,2H3,(H2,29,31,32)/b23-15-. The lowest BCUT2D eigenvalue weighted by Crippen LogP contribution is -2.47. The van der Waals surface area contributed by atoms with Gasteiger partial charge < -0.3 is 20.1 Å². The van der Waals surface area contributed by atoms with Crippen LogP contribution in [0, 0.1) is 6.57 Å². The minimum absolute atomic E-state index is 0.0995. The summed E-state index contributed by atoms with van der Waals surface area (Å²) in [5.74, 6) is 0.147. The summed E-state index contributed by atoms with van der Waals surface area (Å²) in [5, 5.41) is 1.39. The molecular formula is C27H24ClN7O. The van der Waals surface area contributed by atoms with Crippen molar-refractivity contribution in [3.8, 4) is 16.8 Å². The van der Waals surface area contributed by atoms with Crippen molar-refractivity contribution in [1.82, 2.24) is 24.3 Å². The number of benzene rings is 2. The van der Waals surface area contributed by atoms with Crippen molar-refractivity contribution in [3.63, 3.8) is 0 Å².